The SMILES string of the molecule is Cc1ccc(CNc2nnc(CN)o2)o1. The summed E-state index contributed by atoms with van der Waals surface area (Å²) in [6.07, 6.45) is 0. The molecular formula is C9H12N4O2. The minimum absolute atomic E-state index is 0.245. The molecule has 0 saturated heterocycles. The van der Waals surface area contributed by atoms with Crippen LogP contribution in [0, 0.1) is 6.92 Å². The smallest absolute Gasteiger partial charge is 0.315 e. The molecule has 0 saturated carbocycles. The van der Waals surface area contributed by atoms with Gasteiger partial charge in [-0.2, -0.15) is 0 Å². The van der Waals surface area contributed by atoms with Gasteiger partial charge in [0.05, 0.1) is 13.1 Å². The van der Waals surface area contributed by atoms with Crippen LogP contribution >= 0.6 is 0 Å². The maximum absolute atomic E-state index is 5.36. The second-order valence-corrected chi connectivity index (χ2v) is 3.07. The third-order valence-corrected chi connectivity index (χ3v) is 1.85. The van der Waals surface area contributed by atoms with Crippen LogP contribution in [0.2, 0.25) is 0 Å². The van der Waals surface area contributed by atoms with E-state index in [2.05, 4.69) is 15.5 Å². The Kier molecular flexibility index (Phi) is 2.68. The summed E-state index contributed by atoms with van der Waals surface area (Å²) in [5, 5.41) is 10.4. The summed E-state index contributed by atoms with van der Waals surface area (Å²) in [4.78, 5) is 0. The molecule has 2 aromatic heterocycles. The Balaban J connectivity index is 1.93. The summed E-state index contributed by atoms with van der Waals surface area (Å²) in [6.45, 7) is 2.65. The van der Waals surface area contributed by atoms with Gasteiger partial charge in [-0.3, -0.25) is 0 Å². The highest BCUT2D eigenvalue weighted by Crippen LogP contribution is 2.10. The predicted octanol–water partition coefficient (Wildman–Crippen LogP) is 1.04. The van der Waals surface area contributed by atoms with E-state index in [1.807, 2.05) is 19.1 Å². The first-order chi connectivity index (χ1) is 7.28. The zero-order valence-corrected chi connectivity index (χ0v) is 8.36. The highest BCUT2D eigenvalue weighted by molar-refractivity contribution is 5.19. The first-order valence-electron chi connectivity index (χ1n) is 4.59. The molecule has 0 aliphatic heterocycles. The molecule has 80 valence electrons. The van der Waals surface area contributed by atoms with E-state index in [4.69, 9.17) is 14.6 Å². The number of nitrogens with one attached hydrogen (secondary N) is 1. The third kappa shape index (κ3) is 2.35. The molecule has 0 atom stereocenters. The van der Waals surface area contributed by atoms with Crippen molar-refractivity contribution in [2.45, 2.75) is 20.0 Å². The van der Waals surface area contributed by atoms with Crippen LogP contribution in [-0.2, 0) is 13.1 Å². The molecule has 0 aliphatic rings. The van der Waals surface area contributed by atoms with E-state index in [9.17, 15) is 0 Å². The minimum atomic E-state index is 0.245. The molecule has 0 aliphatic carbocycles. The third-order valence-electron chi connectivity index (χ3n) is 1.85. The minimum Gasteiger partial charge on any atom is -0.465 e. The standard InChI is InChI=1S/C9H12N4O2/c1-6-2-3-7(14-6)5-11-9-13-12-8(4-10)15-9/h2-3H,4-5,10H2,1H3,(H,11,13). The molecule has 6 nitrogen and oxygen atoms in total. The quantitative estimate of drug-likeness (QED) is 0.780. The maximum Gasteiger partial charge on any atom is 0.315 e. The van der Waals surface area contributed by atoms with Crippen molar-refractivity contribution in [1.82, 2.24) is 10.2 Å². The Morgan fingerprint density at radius 1 is 1.33 bits per heavy atom. The number of rotatable bonds is 4. The molecule has 2 rings (SSSR count). The molecular weight excluding hydrogens is 196 g/mol. The van der Waals surface area contributed by atoms with E-state index in [-0.39, 0.29) is 6.54 Å². The van der Waals surface area contributed by atoms with Gasteiger partial charge in [0.1, 0.15) is 11.5 Å². The van der Waals surface area contributed by atoms with Crippen molar-refractivity contribution >= 4 is 6.01 Å². The lowest BCUT2D eigenvalue weighted by molar-refractivity contribution is 0.479. The lowest BCUT2D eigenvalue weighted by Gasteiger charge is -1.96. The second kappa shape index (κ2) is 4.14. The number of hydrogen-bond donors (Lipinski definition) is 2. The van der Waals surface area contributed by atoms with Gasteiger partial charge in [-0.05, 0) is 19.1 Å². The molecule has 0 amide bonds. The molecule has 6 heteroatoms. The summed E-state index contributed by atoms with van der Waals surface area (Å²) < 4.78 is 10.5. The van der Waals surface area contributed by atoms with Crippen LogP contribution in [0.1, 0.15) is 17.4 Å². The average molecular weight is 208 g/mol. The lowest BCUT2D eigenvalue weighted by atomic mass is 10.4. The van der Waals surface area contributed by atoms with Gasteiger partial charge in [0, 0.05) is 0 Å². The second-order valence-electron chi connectivity index (χ2n) is 3.07. The van der Waals surface area contributed by atoms with Gasteiger partial charge in [0.2, 0.25) is 5.89 Å². The fraction of sp³-hybridized carbons (Fsp3) is 0.333. The zero-order chi connectivity index (χ0) is 10.7. The summed E-state index contributed by atoms with van der Waals surface area (Å²) in [7, 11) is 0. The molecule has 3 N–H and O–H groups in total. The fourth-order valence-electron chi connectivity index (χ4n) is 1.15. The maximum atomic E-state index is 5.36. The summed E-state index contributed by atoms with van der Waals surface area (Å²) in [6, 6.07) is 4.14. The van der Waals surface area contributed by atoms with Crippen molar-refractivity contribution in [3.05, 3.63) is 29.5 Å². The molecule has 2 heterocycles. The molecule has 15 heavy (non-hydrogen) atoms. The van der Waals surface area contributed by atoms with E-state index < -0.39 is 0 Å². The highest BCUT2D eigenvalue weighted by Gasteiger charge is 2.04. The Labute approximate surface area is 86.5 Å². The Morgan fingerprint density at radius 2 is 2.20 bits per heavy atom. The first kappa shape index (κ1) is 9.72. The van der Waals surface area contributed by atoms with Crippen molar-refractivity contribution in [3.63, 3.8) is 0 Å². The van der Waals surface area contributed by atoms with Gasteiger partial charge in [0.25, 0.3) is 0 Å². The van der Waals surface area contributed by atoms with E-state index in [0.717, 1.165) is 11.5 Å². The fourth-order valence-corrected chi connectivity index (χ4v) is 1.15. The van der Waals surface area contributed by atoms with Crippen LogP contribution in [0.5, 0.6) is 0 Å². The summed E-state index contributed by atoms with van der Waals surface area (Å²) in [5.41, 5.74) is 5.33. The van der Waals surface area contributed by atoms with Crippen molar-refractivity contribution in [3.8, 4) is 0 Å². The summed E-state index contributed by atoms with van der Waals surface area (Å²) in [5.74, 6) is 2.10. The Hall–Kier alpha value is -1.82. The number of anilines is 1. The van der Waals surface area contributed by atoms with Crippen LogP contribution in [0.25, 0.3) is 0 Å². The van der Waals surface area contributed by atoms with Gasteiger partial charge in [-0.25, -0.2) is 0 Å². The number of aromatic nitrogens is 2. The normalized spacial score (nSPS) is 10.5. The van der Waals surface area contributed by atoms with Crippen LogP contribution in [0.4, 0.5) is 6.01 Å². The number of nitrogens with two attached hydrogens (primary N) is 1. The molecule has 0 radical (unpaired) electrons. The summed E-state index contributed by atoms with van der Waals surface area (Å²) >= 11 is 0. The Bertz CT molecular complexity index is 435. The van der Waals surface area contributed by atoms with Gasteiger partial charge in [-0.1, -0.05) is 5.10 Å². The van der Waals surface area contributed by atoms with Crippen molar-refractivity contribution < 1.29 is 8.83 Å². The molecule has 0 unspecified atom stereocenters. The van der Waals surface area contributed by atoms with Crippen molar-refractivity contribution in [1.29, 1.82) is 0 Å². The van der Waals surface area contributed by atoms with Crippen LogP contribution in [0.15, 0.2) is 21.0 Å². The largest absolute Gasteiger partial charge is 0.465 e. The number of furan rings is 1. The van der Waals surface area contributed by atoms with Gasteiger partial charge >= 0.3 is 6.01 Å². The van der Waals surface area contributed by atoms with E-state index in [1.54, 1.807) is 0 Å². The van der Waals surface area contributed by atoms with Crippen molar-refractivity contribution in [2.24, 2.45) is 5.73 Å². The molecule has 2 aromatic rings. The van der Waals surface area contributed by atoms with E-state index >= 15 is 0 Å². The van der Waals surface area contributed by atoms with Crippen LogP contribution < -0.4 is 11.1 Å². The van der Waals surface area contributed by atoms with Gasteiger partial charge < -0.3 is 19.9 Å². The highest BCUT2D eigenvalue weighted by atomic mass is 16.4. The van der Waals surface area contributed by atoms with Crippen molar-refractivity contribution in [2.75, 3.05) is 5.32 Å². The van der Waals surface area contributed by atoms with Crippen LogP contribution in [0.3, 0.4) is 0 Å². The lowest BCUT2D eigenvalue weighted by Crippen LogP contribution is -1.98. The zero-order valence-electron chi connectivity index (χ0n) is 8.36. The first-order valence-corrected chi connectivity index (χ1v) is 4.59. The van der Waals surface area contributed by atoms with Gasteiger partial charge in [0.15, 0.2) is 0 Å². The average Bonchev–Trinajstić information content (AvgIpc) is 2.83. The monoisotopic (exact) mass is 208 g/mol. The van der Waals surface area contributed by atoms with E-state index in [1.165, 1.54) is 0 Å². The predicted molar refractivity (Wildman–Crippen MR) is 53.0 cm³/mol. The number of aryl methyl sites for hydroxylation is 1. The van der Waals surface area contributed by atoms with Crippen LogP contribution in [-0.4, -0.2) is 10.2 Å². The molecule has 0 aromatic carbocycles. The molecule has 0 fully saturated rings. The Morgan fingerprint density at radius 3 is 2.80 bits per heavy atom. The van der Waals surface area contributed by atoms with Gasteiger partial charge in [-0.15, -0.1) is 5.10 Å². The topological polar surface area (TPSA) is 90.1 Å². The number of nitrogens with zero attached hydrogens (tertiary/aromatic N) is 2. The molecule has 0 spiro atoms. The number of hydrogen-bond acceptors (Lipinski definition) is 6. The van der Waals surface area contributed by atoms with E-state index in [0.29, 0.717) is 18.5 Å². The molecule has 0 bridgehead atoms.